The summed E-state index contributed by atoms with van der Waals surface area (Å²) < 4.78 is 0. The molecule has 0 radical (unpaired) electrons. The molecule has 4 rings (SSSR count). The molecule has 5 heteroatoms. The Balaban J connectivity index is 0.00000149. The molecular formula is C28H42N4O. The topological polar surface area (TPSA) is 71.2 Å². The average Bonchev–Trinajstić information content (AvgIpc) is 3.33. The highest BCUT2D eigenvalue weighted by atomic mass is 16.1. The lowest BCUT2D eigenvalue weighted by Gasteiger charge is -2.27. The lowest BCUT2D eigenvalue weighted by Crippen LogP contribution is -2.37. The monoisotopic (exact) mass is 450 g/mol. The van der Waals surface area contributed by atoms with Gasteiger partial charge in [0.1, 0.15) is 5.82 Å². The van der Waals surface area contributed by atoms with Crippen LogP contribution in [0.1, 0.15) is 88.6 Å². The Morgan fingerprint density at radius 1 is 1.06 bits per heavy atom. The molecule has 3 N–H and O–H groups in total. The first kappa shape index (κ1) is 25.2. The molecule has 1 aromatic heterocycles. The number of nitrogens with zero attached hydrogens (tertiary/aromatic N) is 2. The first-order valence-corrected chi connectivity index (χ1v) is 12.8. The normalized spacial score (nSPS) is 23.2. The van der Waals surface area contributed by atoms with Crippen molar-refractivity contribution in [2.75, 3.05) is 18.8 Å². The second-order valence-corrected chi connectivity index (χ2v) is 9.78. The molecule has 1 amide bonds. The van der Waals surface area contributed by atoms with Gasteiger partial charge in [0, 0.05) is 30.4 Å². The van der Waals surface area contributed by atoms with E-state index in [-0.39, 0.29) is 11.9 Å². The van der Waals surface area contributed by atoms with E-state index >= 15 is 0 Å². The smallest absolute Gasteiger partial charge is 0.255 e. The van der Waals surface area contributed by atoms with Gasteiger partial charge >= 0.3 is 0 Å². The molecule has 2 fully saturated rings. The molecule has 1 aliphatic carbocycles. The summed E-state index contributed by atoms with van der Waals surface area (Å²) in [6.45, 7) is 13.1. The van der Waals surface area contributed by atoms with Crippen LogP contribution in [-0.2, 0) is 0 Å². The first-order valence-electron chi connectivity index (χ1n) is 12.8. The van der Waals surface area contributed by atoms with E-state index in [0.717, 1.165) is 36.4 Å². The highest BCUT2D eigenvalue weighted by Gasteiger charge is 2.25. The Bertz CT molecular complexity index is 901. The van der Waals surface area contributed by atoms with Gasteiger partial charge in [0.2, 0.25) is 0 Å². The number of likely N-dealkylation sites (tertiary alicyclic amines) is 1. The minimum Gasteiger partial charge on any atom is -0.383 e. The summed E-state index contributed by atoms with van der Waals surface area (Å²) in [6, 6.07) is 11.5. The van der Waals surface area contributed by atoms with Crippen molar-refractivity contribution < 1.29 is 4.79 Å². The van der Waals surface area contributed by atoms with Crippen LogP contribution in [0.25, 0.3) is 11.1 Å². The van der Waals surface area contributed by atoms with E-state index in [0.29, 0.717) is 23.3 Å². The number of nitrogens with two attached hydrogens (primary N) is 1. The third-order valence-corrected chi connectivity index (χ3v) is 7.18. The number of nitrogen functional groups attached to an aromatic ring is 1. The van der Waals surface area contributed by atoms with Crippen molar-refractivity contribution in [1.82, 2.24) is 15.2 Å². The first-order chi connectivity index (χ1) is 15.9. The molecule has 1 atom stereocenters. The van der Waals surface area contributed by atoms with E-state index in [1.165, 1.54) is 31.4 Å². The molecule has 0 spiro atoms. The predicted molar refractivity (Wildman–Crippen MR) is 138 cm³/mol. The predicted octanol–water partition coefficient (Wildman–Crippen LogP) is 5.86. The maximum atomic E-state index is 12.9. The van der Waals surface area contributed by atoms with E-state index in [9.17, 15) is 4.79 Å². The summed E-state index contributed by atoms with van der Waals surface area (Å²) in [7, 11) is 0. The number of nitrogens with one attached hydrogen (secondary N) is 1. The zero-order valence-electron chi connectivity index (χ0n) is 21.1. The maximum absolute atomic E-state index is 12.9. The molecular weight excluding hydrogens is 408 g/mol. The van der Waals surface area contributed by atoms with Gasteiger partial charge in [-0.05, 0) is 81.5 Å². The molecule has 1 aliphatic heterocycles. The molecule has 2 aliphatic rings. The summed E-state index contributed by atoms with van der Waals surface area (Å²) in [6.07, 6.45) is 7.39. The van der Waals surface area contributed by atoms with E-state index in [1.54, 1.807) is 6.20 Å². The van der Waals surface area contributed by atoms with Crippen LogP contribution in [0.3, 0.4) is 0 Å². The molecule has 2 aromatic rings. The summed E-state index contributed by atoms with van der Waals surface area (Å²) in [5.41, 5.74) is 9.92. The highest BCUT2D eigenvalue weighted by Crippen LogP contribution is 2.31. The zero-order valence-corrected chi connectivity index (χ0v) is 21.1. The Morgan fingerprint density at radius 3 is 2.33 bits per heavy atom. The van der Waals surface area contributed by atoms with Gasteiger partial charge < -0.3 is 16.0 Å². The molecule has 33 heavy (non-hydrogen) atoms. The van der Waals surface area contributed by atoms with Crippen molar-refractivity contribution in [2.45, 2.75) is 84.7 Å². The van der Waals surface area contributed by atoms with E-state index in [4.69, 9.17) is 5.73 Å². The number of hydrogen-bond acceptors (Lipinski definition) is 4. The molecule has 0 bridgehead atoms. The van der Waals surface area contributed by atoms with Gasteiger partial charge in [-0.1, -0.05) is 45.0 Å². The zero-order chi connectivity index (χ0) is 24.0. The Labute approximate surface area is 200 Å². The van der Waals surface area contributed by atoms with Gasteiger partial charge in [0.25, 0.3) is 5.91 Å². The summed E-state index contributed by atoms with van der Waals surface area (Å²) in [5, 5.41) is 3.17. The third-order valence-electron chi connectivity index (χ3n) is 7.18. The molecule has 1 saturated carbocycles. The van der Waals surface area contributed by atoms with Crippen LogP contribution in [0.2, 0.25) is 0 Å². The minimum absolute atomic E-state index is 0.109. The van der Waals surface area contributed by atoms with Crippen molar-refractivity contribution >= 4 is 11.7 Å². The van der Waals surface area contributed by atoms with Crippen molar-refractivity contribution in [3.8, 4) is 11.1 Å². The van der Waals surface area contributed by atoms with Crippen molar-refractivity contribution in [3.05, 3.63) is 47.7 Å². The van der Waals surface area contributed by atoms with Crippen LogP contribution >= 0.6 is 0 Å². The fourth-order valence-electron chi connectivity index (χ4n) is 4.96. The number of carbonyl (C=O) groups is 1. The number of hydrogen-bond donors (Lipinski definition) is 2. The van der Waals surface area contributed by atoms with Crippen LogP contribution in [0, 0.1) is 5.92 Å². The van der Waals surface area contributed by atoms with Gasteiger partial charge in [0.05, 0.1) is 5.56 Å². The van der Waals surface area contributed by atoms with E-state index in [1.807, 2.05) is 19.9 Å². The van der Waals surface area contributed by atoms with Crippen LogP contribution in [0.4, 0.5) is 5.82 Å². The molecule has 180 valence electrons. The van der Waals surface area contributed by atoms with Gasteiger partial charge in [-0.15, -0.1) is 0 Å². The molecule has 1 aromatic carbocycles. The quantitative estimate of drug-likeness (QED) is 0.598. The maximum Gasteiger partial charge on any atom is 0.255 e. The van der Waals surface area contributed by atoms with Gasteiger partial charge in [0.15, 0.2) is 0 Å². The Hall–Kier alpha value is -2.40. The van der Waals surface area contributed by atoms with Gasteiger partial charge in [-0.3, -0.25) is 4.79 Å². The standard InChI is InChI=1S/C26H36N4O.C2H6/c1-17(2)30-13-12-21(16-30)19-6-8-20(9-7-19)22-14-24(25(27)28-15-22)26(31)29-23-10-4-18(3)5-11-23;1-2/h6-9,14-15,17-18,21,23H,4-5,10-13,16H2,1-3H3,(H2,27,28)(H,29,31);1-2H3. The van der Waals surface area contributed by atoms with Gasteiger partial charge in [-0.25, -0.2) is 4.98 Å². The van der Waals surface area contributed by atoms with Crippen LogP contribution < -0.4 is 11.1 Å². The number of aromatic nitrogens is 1. The second kappa shape index (κ2) is 11.6. The van der Waals surface area contributed by atoms with Crippen molar-refractivity contribution in [1.29, 1.82) is 0 Å². The Kier molecular flexibility index (Phi) is 8.90. The van der Waals surface area contributed by atoms with Crippen LogP contribution in [0.15, 0.2) is 36.5 Å². The highest BCUT2D eigenvalue weighted by molar-refractivity contribution is 5.99. The third kappa shape index (κ3) is 6.35. The number of pyridine rings is 1. The molecule has 5 nitrogen and oxygen atoms in total. The van der Waals surface area contributed by atoms with Crippen LogP contribution in [0.5, 0.6) is 0 Å². The Morgan fingerprint density at radius 2 is 1.73 bits per heavy atom. The molecule has 1 unspecified atom stereocenters. The second-order valence-electron chi connectivity index (χ2n) is 9.78. The number of anilines is 1. The van der Waals surface area contributed by atoms with Gasteiger partial charge in [-0.2, -0.15) is 0 Å². The lowest BCUT2D eigenvalue weighted by atomic mass is 9.87. The summed E-state index contributed by atoms with van der Waals surface area (Å²) in [5.74, 6) is 1.54. The number of rotatable bonds is 5. The molecule has 1 saturated heterocycles. The lowest BCUT2D eigenvalue weighted by molar-refractivity contribution is 0.0923. The number of carbonyl (C=O) groups excluding carboxylic acids is 1. The van der Waals surface area contributed by atoms with Crippen LogP contribution in [-0.4, -0.2) is 41.0 Å². The fourth-order valence-corrected chi connectivity index (χ4v) is 4.96. The number of benzene rings is 1. The molecule has 2 heterocycles. The number of amides is 1. The summed E-state index contributed by atoms with van der Waals surface area (Å²) >= 11 is 0. The largest absolute Gasteiger partial charge is 0.383 e. The average molecular weight is 451 g/mol. The summed E-state index contributed by atoms with van der Waals surface area (Å²) in [4.78, 5) is 19.7. The fraction of sp³-hybridized carbons (Fsp3) is 0.571. The van der Waals surface area contributed by atoms with E-state index < -0.39 is 0 Å². The van der Waals surface area contributed by atoms with E-state index in [2.05, 4.69) is 60.2 Å². The minimum atomic E-state index is -0.109. The SMILES string of the molecule is CC.CC1CCC(NC(=O)c2cc(-c3ccc(C4CCN(C(C)C)C4)cc3)cnc2N)CC1. The van der Waals surface area contributed by atoms with Crippen molar-refractivity contribution in [2.24, 2.45) is 5.92 Å². The van der Waals surface area contributed by atoms with Crippen molar-refractivity contribution in [3.63, 3.8) is 0 Å².